The predicted molar refractivity (Wildman–Crippen MR) is 65.1 cm³/mol. The summed E-state index contributed by atoms with van der Waals surface area (Å²) >= 11 is 0. The molecule has 7 heteroatoms. The van der Waals surface area contributed by atoms with E-state index in [1.807, 2.05) is 6.92 Å². The number of rotatable bonds is 2. The molecule has 2 unspecified atom stereocenters. The van der Waals surface area contributed by atoms with Crippen molar-refractivity contribution < 1.29 is 9.72 Å². The summed E-state index contributed by atoms with van der Waals surface area (Å²) in [6.07, 6.45) is 2.12. The molecule has 1 aromatic rings. The minimum Gasteiger partial charge on any atom is -0.351 e. The molecular weight excluding hydrogens is 236 g/mol. The second kappa shape index (κ2) is 4.77. The number of likely N-dealkylation sites (tertiary alicyclic amines) is 1. The zero-order valence-electron chi connectivity index (χ0n) is 10.1. The summed E-state index contributed by atoms with van der Waals surface area (Å²) in [6, 6.07) is 1.23. The second-order valence-electron chi connectivity index (χ2n) is 4.84. The van der Waals surface area contributed by atoms with Gasteiger partial charge < -0.3 is 15.6 Å². The maximum Gasteiger partial charge on any atom is 0.287 e. The Morgan fingerprint density at radius 1 is 1.61 bits per heavy atom. The lowest BCUT2D eigenvalue weighted by Gasteiger charge is -2.34. The van der Waals surface area contributed by atoms with Crippen LogP contribution in [-0.2, 0) is 0 Å². The lowest BCUT2D eigenvalue weighted by Crippen LogP contribution is -2.48. The maximum atomic E-state index is 12.1. The van der Waals surface area contributed by atoms with E-state index in [4.69, 9.17) is 5.73 Å². The molecule has 1 saturated heterocycles. The van der Waals surface area contributed by atoms with Gasteiger partial charge in [-0.25, -0.2) is 0 Å². The van der Waals surface area contributed by atoms with Gasteiger partial charge in [0.05, 0.1) is 11.1 Å². The van der Waals surface area contributed by atoms with Crippen LogP contribution in [-0.4, -0.2) is 39.8 Å². The highest BCUT2D eigenvalue weighted by molar-refractivity contribution is 5.93. The van der Waals surface area contributed by atoms with Crippen molar-refractivity contribution in [2.45, 2.75) is 19.4 Å². The number of H-pyrrole nitrogens is 1. The zero-order valence-corrected chi connectivity index (χ0v) is 10.1. The number of hydrogen-bond acceptors (Lipinski definition) is 4. The lowest BCUT2D eigenvalue weighted by atomic mass is 9.96. The Labute approximate surface area is 104 Å². The highest BCUT2D eigenvalue weighted by Gasteiger charge is 2.27. The van der Waals surface area contributed by atoms with Crippen molar-refractivity contribution in [1.29, 1.82) is 0 Å². The number of aromatic amines is 1. The molecular formula is C11H16N4O3. The van der Waals surface area contributed by atoms with Gasteiger partial charge in [0.25, 0.3) is 11.6 Å². The van der Waals surface area contributed by atoms with E-state index in [9.17, 15) is 14.9 Å². The number of nitrogens with one attached hydrogen (secondary N) is 1. The van der Waals surface area contributed by atoms with Gasteiger partial charge in [0, 0.05) is 25.2 Å². The summed E-state index contributed by atoms with van der Waals surface area (Å²) in [6.45, 7) is 3.17. The van der Waals surface area contributed by atoms with Crippen LogP contribution in [0.4, 0.5) is 5.69 Å². The van der Waals surface area contributed by atoms with Gasteiger partial charge in [-0.3, -0.25) is 14.9 Å². The van der Waals surface area contributed by atoms with Crippen molar-refractivity contribution in [1.82, 2.24) is 9.88 Å². The molecule has 2 atom stereocenters. The third-order valence-corrected chi connectivity index (χ3v) is 3.09. The Hall–Kier alpha value is -1.89. The quantitative estimate of drug-likeness (QED) is 0.597. The van der Waals surface area contributed by atoms with Crippen molar-refractivity contribution in [2.24, 2.45) is 11.7 Å². The Kier molecular flexibility index (Phi) is 3.33. The summed E-state index contributed by atoms with van der Waals surface area (Å²) in [5, 5.41) is 10.6. The fraction of sp³-hybridized carbons (Fsp3) is 0.545. The van der Waals surface area contributed by atoms with E-state index in [-0.39, 0.29) is 23.3 Å². The van der Waals surface area contributed by atoms with Gasteiger partial charge in [0.15, 0.2) is 0 Å². The zero-order chi connectivity index (χ0) is 13.3. The number of hydrogen-bond donors (Lipinski definition) is 2. The largest absolute Gasteiger partial charge is 0.351 e. The van der Waals surface area contributed by atoms with Crippen molar-refractivity contribution in [3.05, 3.63) is 28.1 Å². The van der Waals surface area contributed by atoms with Crippen LogP contribution in [0.25, 0.3) is 0 Å². The number of nitrogens with two attached hydrogens (primary N) is 1. The van der Waals surface area contributed by atoms with Gasteiger partial charge in [-0.15, -0.1) is 0 Å². The van der Waals surface area contributed by atoms with E-state index >= 15 is 0 Å². The van der Waals surface area contributed by atoms with Crippen LogP contribution in [0.2, 0.25) is 0 Å². The first-order valence-electron chi connectivity index (χ1n) is 5.85. The number of aromatic nitrogens is 1. The van der Waals surface area contributed by atoms with Gasteiger partial charge in [-0.2, -0.15) is 0 Å². The molecule has 1 aromatic heterocycles. The highest BCUT2D eigenvalue weighted by atomic mass is 16.6. The average molecular weight is 252 g/mol. The summed E-state index contributed by atoms with van der Waals surface area (Å²) < 4.78 is 0. The van der Waals surface area contributed by atoms with Crippen molar-refractivity contribution in [3.63, 3.8) is 0 Å². The first-order valence-corrected chi connectivity index (χ1v) is 5.85. The minimum atomic E-state index is -0.530. The normalized spacial score (nSPS) is 24.0. The molecule has 1 fully saturated rings. The second-order valence-corrected chi connectivity index (χ2v) is 4.84. The molecule has 2 rings (SSSR count). The number of carbonyl (C=O) groups excluding carboxylic acids is 1. The Morgan fingerprint density at radius 3 is 2.89 bits per heavy atom. The molecule has 0 aromatic carbocycles. The van der Waals surface area contributed by atoms with Crippen molar-refractivity contribution >= 4 is 11.6 Å². The highest BCUT2D eigenvalue weighted by Crippen LogP contribution is 2.19. The van der Waals surface area contributed by atoms with Crippen LogP contribution < -0.4 is 5.73 Å². The molecule has 2 heterocycles. The Morgan fingerprint density at radius 2 is 2.33 bits per heavy atom. The number of amides is 1. The van der Waals surface area contributed by atoms with Crippen molar-refractivity contribution in [3.8, 4) is 0 Å². The molecule has 3 N–H and O–H groups in total. The summed E-state index contributed by atoms with van der Waals surface area (Å²) in [4.78, 5) is 26.5. The number of nitrogens with zero attached hydrogens (tertiary/aromatic N) is 2. The smallest absolute Gasteiger partial charge is 0.287 e. The van der Waals surface area contributed by atoms with Crippen LogP contribution in [0.1, 0.15) is 23.8 Å². The number of piperidine rings is 1. The fourth-order valence-electron chi connectivity index (χ4n) is 2.35. The van der Waals surface area contributed by atoms with Crippen LogP contribution in [0.15, 0.2) is 12.3 Å². The lowest BCUT2D eigenvalue weighted by molar-refractivity contribution is -0.384. The standard InChI is InChI=1S/C11H16N4O3/c1-7-2-8(12)6-14(5-7)11(16)10-3-9(4-13-10)15(17)18/h3-4,7-8,13H,2,5-6,12H2,1H3. The molecule has 0 saturated carbocycles. The van der Waals surface area contributed by atoms with E-state index in [1.165, 1.54) is 12.3 Å². The van der Waals surface area contributed by atoms with Crippen molar-refractivity contribution in [2.75, 3.05) is 13.1 Å². The fourth-order valence-corrected chi connectivity index (χ4v) is 2.35. The third kappa shape index (κ3) is 2.51. The van der Waals surface area contributed by atoms with Crippen LogP contribution in [0.3, 0.4) is 0 Å². The number of nitro groups is 1. The minimum absolute atomic E-state index is 0.0253. The van der Waals surface area contributed by atoms with Crippen LogP contribution >= 0.6 is 0 Å². The van der Waals surface area contributed by atoms with E-state index in [1.54, 1.807) is 4.90 Å². The molecule has 1 aliphatic rings. The van der Waals surface area contributed by atoms with E-state index in [2.05, 4.69) is 4.98 Å². The average Bonchev–Trinajstić information content (AvgIpc) is 2.75. The molecule has 0 bridgehead atoms. The summed E-state index contributed by atoms with van der Waals surface area (Å²) in [5.41, 5.74) is 6.01. The molecule has 98 valence electrons. The van der Waals surface area contributed by atoms with Gasteiger partial charge in [-0.05, 0) is 12.3 Å². The first kappa shape index (κ1) is 12.6. The third-order valence-electron chi connectivity index (χ3n) is 3.09. The molecule has 18 heavy (non-hydrogen) atoms. The first-order chi connectivity index (χ1) is 8.47. The van der Waals surface area contributed by atoms with Gasteiger partial charge in [0.2, 0.25) is 0 Å². The predicted octanol–water partition coefficient (Wildman–Crippen LogP) is 0.732. The SMILES string of the molecule is CC1CC(N)CN(C(=O)c2cc([N+](=O)[O-])c[nH]2)C1. The molecule has 1 aliphatic heterocycles. The van der Waals surface area contributed by atoms with E-state index in [0.29, 0.717) is 19.0 Å². The molecule has 0 aliphatic carbocycles. The molecule has 0 spiro atoms. The summed E-state index contributed by atoms with van der Waals surface area (Å²) in [5.74, 6) is 0.118. The molecule has 1 amide bonds. The Bertz CT molecular complexity index is 461. The maximum absolute atomic E-state index is 12.1. The van der Waals surface area contributed by atoms with Crippen LogP contribution in [0.5, 0.6) is 0 Å². The topological polar surface area (TPSA) is 105 Å². The molecule has 7 nitrogen and oxygen atoms in total. The van der Waals surface area contributed by atoms with E-state index in [0.717, 1.165) is 6.42 Å². The van der Waals surface area contributed by atoms with E-state index < -0.39 is 4.92 Å². The van der Waals surface area contributed by atoms with Gasteiger partial charge >= 0.3 is 0 Å². The monoisotopic (exact) mass is 252 g/mol. The van der Waals surface area contributed by atoms with Gasteiger partial charge in [0.1, 0.15) is 5.69 Å². The molecule has 0 radical (unpaired) electrons. The summed E-state index contributed by atoms with van der Waals surface area (Å²) in [7, 11) is 0. The van der Waals surface area contributed by atoms with Crippen LogP contribution in [0, 0.1) is 16.0 Å². The number of carbonyl (C=O) groups is 1. The Balaban J connectivity index is 2.12. The van der Waals surface area contributed by atoms with Gasteiger partial charge in [-0.1, -0.05) is 6.92 Å².